The first-order valence-corrected chi connectivity index (χ1v) is 11.6. The van der Waals surface area contributed by atoms with E-state index in [4.69, 9.17) is 11.5 Å². The average molecular weight is 506 g/mol. The molecule has 0 saturated carbocycles. The number of halogens is 3. The zero-order chi connectivity index (χ0) is 26.3. The number of carbonyl (C=O) groups is 3. The number of anilines is 1. The number of likely N-dealkylation sites (tertiary alicyclic amines) is 1. The van der Waals surface area contributed by atoms with Crippen LogP contribution < -0.4 is 22.1 Å². The number of nitrogens with two attached hydrogens (primary N) is 2. The molecule has 2 aromatic rings. The molecule has 3 atom stereocenters. The van der Waals surface area contributed by atoms with E-state index in [0.717, 1.165) is 17.7 Å². The molecule has 11 heteroatoms. The van der Waals surface area contributed by atoms with Crippen molar-refractivity contribution in [3.63, 3.8) is 0 Å². The topological polar surface area (TPSA) is 131 Å². The molecule has 194 valence electrons. The molecular formula is C25H30F3N5O3. The van der Waals surface area contributed by atoms with E-state index in [1.54, 1.807) is 4.90 Å². The number of amides is 3. The summed E-state index contributed by atoms with van der Waals surface area (Å²) in [4.78, 5) is 39.7. The van der Waals surface area contributed by atoms with Crippen LogP contribution in [0.5, 0.6) is 0 Å². The van der Waals surface area contributed by atoms with Gasteiger partial charge in [-0.05, 0) is 43.0 Å². The molecule has 8 nitrogen and oxygen atoms in total. The Morgan fingerprint density at radius 1 is 1.06 bits per heavy atom. The predicted molar refractivity (Wildman–Crippen MR) is 129 cm³/mol. The van der Waals surface area contributed by atoms with Crippen molar-refractivity contribution in [2.75, 3.05) is 18.4 Å². The van der Waals surface area contributed by atoms with Crippen molar-refractivity contribution >= 4 is 23.4 Å². The summed E-state index contributed by atoms with van der Waals surface area (Å²) in [6.07, 6.45) is -3.56. The number of carbonyl (C=O) groups excluding carboxylic acids is 3. The minimum Gasteiger partial charge on any atom is -0.343 e. The molecule has 2 aromatic carbocycles. The van der Waals surface area contributed by atoms with Crippen LogP contribution in [0.1, 0.15) is 30.4 Å². The van der Waals surface area contributed by atoms with Crippen LogP contribution in [0.25, 0.3) is 0 Å². The van der Waals surface area contributed by atoms with Crippen molar-refractivity contribution in [1.82, 2.24) is 10.2 Å². The Morgan fingerprint density at radius 3 is 2.42 bits per heavy atom. The third-order valence-corrected chi connectivity index (χ3v) is 5.96. The van der Waals surface area contributed by atoms with Crippen molar-refractivity contribution in [3.05, 3.63) is 65.7 Å². The van der Waals surface area contributed by atoms with Gasteiger partial charge in [-0.3, -0.25) is 14.4 Å². The summed E-state index contributed by atoms with van der Waals surface area (Å²) in [6.45, 7) is 0.889. The van der Waals surface area contributed by atoms with Gasteiger partial charge >= 0.3 is 6.18 Å². The van der Waals surface area contributed by atoms with Crippen molar-refractivity contribution < 1.29 is 27.6 Å². The van der Waals surface area contributed by atoms with Gasteiger partial charge in [0, 0.05) is 24.8 Å². The summed E-state index contributed by atoms with van der Waals surface area (Å²) in [5, 5.41) is 5.00. The van der Waals surface area contributed by atoms with Gasteiger partial charge < -0.3 is 27.0 Å². The molecule has 1 unspecified atom stereocenters. The second-order valence-corrected chi connectivity index (χ2v) is 8.85. The molecule has 0 spiro atoms. The lowest BCUT2D eigenvalue weighted by Crippen LogP contribution is -2.51. The molecule has 36 heavy (non-hydrogen) atoms. The first-order valence-electron chi connectivity index (χ1n) is 11.6. The summed E-state index contributed by atoms with van der Waals surface area (Å²) in [5.41, 5.74) is 11.7. The van der Waals surface area contributed by atoms with Gasteiger partial charge in [-0.25, -0.2) is 0 Å². The van der Waals surface area contributed by atoms with E-state index < -0.39 is 35.6 Å². The largest absolute Gasteiger partial charge is 0.416 e. The van der Waals surface area contributed by atoms with Crippen molar-refractivity contribution in [3.8, 4) is 0 Å². The highest BCUT2D eigenvalue weighted by Gasteiger charge is 2.31. The number of hydrogen-bond acceptors (Lipinski definition) is 5. The number of benzene rings is 2. The second kappa shape index (κ2) is 12.0. The fourth-order valence-electron chi connectivity index (χ4n) is 3.93. The van der Waals surface area contributed by atoms with E-state index in [1.807, 2.05) is 30.3 Å². The lowest BCUT2D eigenvalue weighted by Gasteiger charge is -2.22. The smallest absolute Gasteiger partial charge is 0.343 e. The molecule has 1 heterocycles. The fourth-order valence-corrected chi connectivity index (χ4v) is 3.93. The highest BCUT2D eigenvalue weighted by molar-refractivity contribution is 5.98. The molecule has 0 aromatic heterocycles. The maximum atomic E-state index is 13.0. The van der Waals surface area contributed by atoms with E-state index in [1.165, 1.54) is 12.1 Å². The Kier molecular flexibility index (Phi) is 9.05. The number of alkyl halides is 3. The minimum absolute atomic E-state index is 0.0568. The molecule has 0 aliphatic carbocycles. The molecule has 1 aliphatic rings. The highest BCUT2D eigenvalue weighted by atomic mass is 19.4. The number of rotatable bonds is 9. The third kappa shape index (κ3) is 7.79. The van der Waals surface area contributed by atoms with Gasteiger partial charge in [0.15, 0.2) is 0 Å². The van der Waals surface area contributed by atoms with Gasteiger partial charge in [0.2, 0.25) is 17.7 Å². The molecule has 1 fully saturated rings. The Balaban J connectivity index is 1.67. The maximum absolute atomic E-state index is 13.0. The van der Waals surface area contributed by atoms with Crippen molar-refractivity contribution in [2.24, 2.45) is 11.5 Å². The zero-order valence-corrected chi connectivity index (χ0v) is 19.6. The quantitative estimate of drug-likeness (QED) is 0.414. The molecule has 0 bridgehead atoms. The van der Waals surface area contributed by atoms with Gasteiger partial charge in [-0.15, -0.1) is 0 Å². The number of aryl methyl sites for hydroxylation is 1. The molecule has 3 amide bonds. The number of nitrogens with one attached hydrogen (secondary N) is 2. The molecule has 1 aliphatic heterocycles. The summed E-state index contributed by atoms with van der Waals surface area (Å²) in [7, 11) is 0. The first kappa shape index (κ1) is 27.2. The summed E-state index contributed by atoms with van der Waals surface area (Å²) in [6, 6.07) is 11.0. The normalized spacial score (nSPS) is 17.4. The van der Waals surface area contributed by atoms with E-state index in [2.05, 4.69) is 10.6 Å². The second-order valence-electron chi connectivity index (χ2n) is 8.85. The Morgan fingerprint density at radius 2 is 1.78 bits per heavy atom. The van der Waals surface area contributed by atoms with Crippen molar-refractivity contribution in [2.45, 2.75) is 50.0 Å². The van der Waals surface area contributed by atoms with Gasteiger partial charge in [0.05, 0.1) is 18.0 Å². The molecule has 0 radical (unpaired) electrons. The zero-order valence-electron chi connectivity index (χ0n) is 19.6. The summed E-state index contributed by atoms with van der Waals surface area (Å²) in [5.74, 6) is -1.70. The van der Waals surface area contributed by atoms with E-state index >= 15 is 0 Å². The van der Waals surface area contributed by atoms with Gasteiger partial charge in [-0.2, -0.15) is 13.2 Å². The Bertz CT molecular complexity index is 1060. The standard InChI is InChI=1S/C25H30F3N5O3/c26-25(27,28)17-7-4-8-19(13-17)31-24(36)21(10-9-16-5-2-1-3-6-16)32-23(35)20(30)14-22(34)33-12-11-18(29)15-33/h1-8,13,18,20-21H,9-12,14-15,29-30H2,(H,31,36)(H,32,35)/t18?,20-,21-/m0/s1. The van der Waals surface area contributed by atoms with Crippen LogP contribution in [-0.4, -0.2) is 53.8 Å². The number of nitrogens with zero attached hydrogens (tertiary/aromatic N) is 1. The Hall–Kier alpha value is -3.44. The maximum Gasteiger partial charge on any atom is 0.416 e. The summed E-state index contributed by atoms with van der Waals surface area (Å²) >= 11 is 0. The van der Waals surface area contributed by atoms with Crippen LogP contribution in [0.2, 0.25) is 0 Å². The average Bonchev–Trinajstić information content (AvgIpc) is 3.28. The minimum atomic E-state index is -4.57. The lowest BCUT2D eigenvalue weighted by atomic mass is 10.0. The molecular weight excluding hydrogens is 475 g/mol. The molecule has 6 N–H and O–H groups in total. The molecule has 3 rings (SSSR count). The van der Waals surface area contributed by atoms with Crippen LogP contribution in [0, 0.1) is 0 Å². The third-order valence-electron chi connectivity index (χ3n) is 5.96. The van der Waals surface area contributed by atoms with Gasteiger partial charge in [-0.1, -0.05) is 36.4 Å². The van der Waals surface area contributed by atoms with Crippen LogP contribution in [0.4, 0.5) is 18.9 Å². The predicted octanol–water partition coefficient (Wildman–Crippen LogP) is 2.04. The molecule has 1 saturated heterocycles. The monoisotopic (exact) mass is 505 g/mol. The van der Waals surface area contributed by atoms with Crippen LogP contribution in [-0.2, 0) is 27.0 Å². The SMILES string of the molecule is NC1CCN(C(=O)C[C@H](N)C(=O)N[C@@H](CCc2ccccc2)C(=O)Nc2cccc(C(F)(F)F)c2)C1. The lowest BCUT2D eigenvalue weighted by molar-refractivity contribution is -0.137. The summed E-state index contributed by atoms with van der Waals surface area (Å²) < 4.78 is 39.1. The highest BCUT2D eigenvalue weighted by Crippen LogP contribution is 2.30. The Labute approximate surface area is 207 Å². The first-order chi connectivity index (χ1) is 17.0. The van der Waals surface area contributed by atoms with Crippen LogP contribution >= 0.6 is 0 Å². The van der Waals surface area contributed by atoms with Gasteiger partial charge in [0.1, 0.15) is 6.04 Å². The van der Waals surface area contributed by atoms with Crippen LogP contribution in [0.3, 0.4) is 0 Å². The van der Waals surface area contributed by atoms with Crippen LogP contribution in [0.15, 0.2) is 54.6 Å². The van der Waals surface area contributed by atoms with E-state index in [0.29, 0.717) is 25.9 Å². The van der Waals surface area contributed by atoms with E-state index in [-0.39, 0.29) is 30.5 Å². The fraction of sp³-hybridized carbons (Fsp3) is 0.400. The van der Waals surface area contributed by atoms with Gasteiger partial charge in [0.25, 0.3) is 0 Å². The van der Waals surface area contributed by atoms with E-state index in [9.17, 15) is 27.6 Å². The number of hydrogen-bond donors (Lipinski definition) is 4. The van der Waals surface area contributed by atoms with Crippen molar-refractivity contribution in [1.29, 1.82) is 0 Å².